The molecule has 1 saturated heterocycles. The lowest BCUT2D eigenvalue weighted by Crippen LogP contribution is -2.48. The second kappa shape index (κ2) is 10.1. The molecule has 1 amide bonds. The van der Waals surface area contributed by atoms with Gasteiger partial charge in [-0.1, -0.05) is 30.1 Å². The average Bonchev–Trinajstić information content (AvgIpc) is 2.74. The van der Waals surface area contributed by atoms with Crippen molar-refractivity contribution in [1.82, 2.24) is 4.90 Å². The smallest absolute Gasteiger partial charge is 0.396 e. The Morgan fingerprint density at radius 1 is 1.22 bits per heavy atom. The molecular weight excluding hydrogens is 484 g/mol. The van der Waals surface area contributed by atoms with E-state index in [9.17, 15) is 23.1 Å². The van der Waals surface area contributed by atoms with Gasteiger partial charge in [-0.3, -0.25) is 4.79 Å². The molecule has 2 aromatic carbocycles. The first-order valence-corrected chi connectivity index (χ1v) is 11.5. The number of hydrogen-bond donors (Lipinski definition) is 1. The van der Waals surface area contributed by atoms with Gasteiger partial charge in [0.15, 0.2) is 0 Å². The molecule has 1 aliphatic heterocycles. The van der Waals surface area contributed by atoms with E-state index in [2.05, 4.69) is 0 Å². The summed E-state index contributed by atoms with van der Waals surface area (Å²) in [6, 6.07) is 9.81. The summed E-state index contributed by atoms with van der Waals surface area (Å²) in [6.07, 6.45) is -3.00. The first-order chi connectivity index (χ1) is 15.0. The van der Waals surface area contributed by atoms with Gasteiger partial charge in [-0.05, 0) is 67.3 Å². The number of alkyl halides is 3. The summed E-state index contributed by atoms with van der Waals surface area (Å²) in [4.78, 5) is 15.5. The van der Waals surface area contributed by atoms with Crippen LogP contribution >= 0.6 is 35.1 Å². The van der Waals surface area contributed by atoms with E-state index in [0.717, 1.165) is 36.9 Å². The van der Waals surface area contributed by atoms with Crippen LogP contribution in [0.1, 0.15) is 25.3 Å². The first kappa shape index (κ1) is 25.0. The molecule has 1 unspecified atom stereocenters. The topological polar surface area (TPSA) is 43.8 Å². The van der Waals surface area contributed by atoms with Crippen molar-refractivity contribution in [3.8, 4) is 0 Å². The maximum absolute atomic E-state index is 13.3. The van der Waals surface area contributed by atoms with E-state index in [1.54, 1.807) is 29.2 Å². The van der Waals surface area contributed by atoms with Crippen LogP contribution in [0.4, 0.5) is 18.9 Å². The van der Waals surface area contributed by atoms with Gasteiger partial charge >= 0.3 is 6.18 Å². The summed E-state index contributed by atoms with van der Waals surface area (Å²) in [6.45, 7) is 2.61. The third-order valence-corrected chi connectivity index (χ3v) is 6.97. The fourth-order valence-corrected chi connectivity index (χ4v) is 4.88. The van der Waals surface area contributed by atoms with Crippen molar-refractivity contribution in [2.45, 2.75) is 30.8 Å². The predicted molar refractivity (Wildman–Crippen MR) is 122 cm³/mol. The molecule has 1 aliphatic rings. The third kappa shape index (κ3) is 6.25. The van der Waals surface area contributed by atoms with E-state index in [0.29, 0.717) is 23.0 Å². The Kier molecular flexibility index (Phi) is 7.91. The van der Waals surface area contributed by atoms with Gasteiger partial charge in [-0.25, -0.2) is 0 Å². The van der Waals surface area contributed by atoms with Crippen LogP contribution in [0.2, 0.25) is 10.0 Å². The normalized spacial score (nSPS) is 19.2. The Morgan fingerprint density at radius 2 is 1.91 bits per heavy atom. The van der Waals surface area contributed by atoms with Crippen molar-refractivity contribution in [2.75, 3.05) is 30.5 Å². The number of aliphatic hydroxyl groups is 1. The molecule has 4 nitrogen and oxygen atoms in total. The van der Waals surface area contributed by atoms with E-state index in [1.165, 1.54) is 10.4 Å². The summed E-state index contributed by atoms with van der Waals surface area (Å²) >= 11 is 13.3. The maximum atomic E-state index is 13.3. The molecule has 1 heterocycles. The highest BCUT2D eigenvalue weighted by Gasteiger charge is 2.34. The van der Waals surface area contributed by atoms with Crippen LogP contribution in [0.3, 0.4) is 0 Å². The fraction of sp³-hybridized carbons (Fsp3) is 0.409. The van der Waals surface area contributed by atoms with Gasteiger partial charge in [0.2, 0.25) is 5.91 Å². The molecule has 2 aromatic rings. The van der Waals surface area contributed by atoms with Crippen molar-refractivity contribution in [2.24, 2.45) is 5.41 Å². The highest BCUT2D eigenvalue weighted by atomic mass is 35.5. The number of likely N-dealkylation sites (tertiary alicyclic amines) is 1. The minimum atomic E-state index is -4.55. The number of hydrogen-bond acceptors (Lipinski definition) is 4. The van der Waals surface area contributed by atoms with Crippen LogP contribution in [0.5, 0.6) is 0 Å². The lowest BCUT2D eigenvalue weighted by molar-refractivity contribution is -0.137. The number of anilines is 1. The molecule has 0 radical (unpaired) electrons. The quantitative estimate of drug-likeness (QED) is 0.477. The maximum Gasteiger partial charge on any atom is 0.416 e. The first-order valence-electron chi connectivity index (χ1n) is 9.97. The molecule has 1 atom stereocenters. The van der Waals surface area contributed by atoms with Crippen molar-refractivity contribution in [3.63, 3.8) is 0 Å². The van der Waals surface area contributed by atoms with Gasteiger partial charge in [0.25, 0.3) is 0 Å². The SMILES string of the molecule is CC1(CO)CCCN(C(=O)CN(Sc2ccc(Cl)cc2)c2cc(C(F)(F)F)ccc2Cl)C1. The van der Waals surface area contributed by atoms with E-state index >= 15 is 0 Å². The van der Waals surface area contributed by atoms with Gasteiger partial charge < -0.3 is 14.3 Å². The number of carbonyl (C=O) groups excluding carboxylic acids is 1. The number of benzene rings is 2. The standard InChI is InChI=1S/C22H23Cl2F3N2O2S/c1-21(14-30)9-2-10-28(13-21)20(31)12-29(32-17-6-4-16(23)5-7-17)19-11-15(22(25,26)27)3-8-18(19)24/h3-8,11,30H,2,9-10,12-14H2,1H3. The Labute approximate surface area is 199 Å². The summed E-state index contributed by atoms with van der Waals surface area (Å²) in [5, 5.41) is 10.3. The molecule has 174 valence electrons. The third-order valence-electron chi connectivity index (χ3n) is 5.37. The molecule has 0 bridgehead atoms. The molecule has 3 rings (SSSR count). The largest absolute Gasteiger partial charge is 0.416 e. The Morgan fingerprint density at radius 3 is 2.53 bits per heavy atom. The molecule has 0 saturated carbocycles. The van der Waals surface area contributed by atoms with Crippen molar-refractivity contribution >= 4 is 46.7 Å². The van der Waals surface area contributed by atoms with Crippen LogP contribution in [0.15, 0.2) is 47.4 Å². The number of halogens is 5. The van der Waals surface area contributed by atoms with Crippen LogP contribution in [0, 0.1) is 5.41 Å². The molecule has 0 aliphatic carbocycles. The Balaban J connectivity index is 1.91. The minimum absolute atomic E-state index is 0.0422. The van der Waals surface area contributed by atoms with Gasteiger partial charge in [-0.15, -0.1) is 0 Å². The van der Waals surface area contributed by atoms with Crippen molar-refractivity contribution in [1.29, 1.82) is 0 Å². The van der Waals surface area contributed by atoms with E-state index in [4.69, 9.17) is 23.2 Å². The summed E-state index contributed by atoms with van der Waals surface area (Å²) in [5.41, 5.74) is -1.15. The molecular formula is C22H23Cl2F3N2O2S. The summed E-state index contributed by atoms with van der Waals surface area (Å²) in [5.74, 6) is -0.251. The van der Waals surface area contributed by atoms with Gasteiger partial charge in [0, 0.05) is 28.4 Å². The lowest BCUT2D eigenvalue weighted by Gasteiger charge is -2.40. The number of nitrogens with zero attached hydrogens (tertiary/aromatic N) is 2. The van der Waals surface area contributed by atoms with Gasteiger partial charge in [0.05, 0.1) is 22.9 Å². The molecule has 0 spiro atoms. The van der Waals surface area contributed by atoms with Gasteiger partial charge in [0.1, 0.15) is 6.54 Å². The molecule has 10 heteroatoms. The minimum Gasteiger partial charge on any atom is -0.396 e. The lowest BCUT2D eigenvalue weighted by atomic mass is 9.83. The van der Waals surface area contributed by atoms with Crippen LogP contribution in [-0.4, -0.2) is 42.2 Å². The zero-order valence-electron chi connectivity index (χ0n) is 17.3. The molecule has 1 fully saturated rings. The number of amides is 1. The zero-order chi connectivity index (χ0) is 23.5. The molecule has 1 N–H and O–H groups in total. The average molecular weight is 507 g/mol. The highest BCUT2D eigenvalue weighted by molar-refractivity contribution is 8.00. The fourth-order valence-electron chi connectivity index (χ4n) is 3.55. The summed E-state index contributed by atoms with van der Waals surface area (Å²) in [7, 11) is 0. The van der Waals surface area contributed by atoms with E-state index in [-0.39, 0.29) is 29.8 Å². The van der Waals surface area contributed by atoms with Crippen molar-refractivity contribution < 1.29 is 23.1 Å². The molecule has 0 aromatic heterocycles. The monoisotopic (exact) mass is 506 g/mol. The highest BCUT2D eigenvalue weighted by Crippen LogP contribution is 2.39. The second-order valence-electron chi connectivity index (χ2n) is 8.13. The number of piperidine rings is 1. The predicted octanol–water partition coefficient (Wildman–Crippen LogP) is 6.15. The van der Waals surface area contributed by atoms with Crippen molar-refractivity contribution in [3.05, 3.63) is 58.1 Å². The number of aliphatic hydroxyl groups excluding tert-OH is 1. The number of carbonyl (C=O) groups is 1. The Hall–Kier alpha value is -1.61. The van der Waals surface area contributed by atoms with Crippen LogP contribution in [0.25, 0.3) is 0 Å². The van der Waals surface area contributed by atoms with Crippen LogP contribution < -0.4 is 4.31 Å². The molecule has 32 heavy (non-hydrogen) atoms. The van der Waals surface area contributed by atoms with Crippen LogP contribution in [-0.2, 0) is 11.0 Å². The second-order valence-corrected chi connectivity index (χ2v) is 10.1. The Bertz CT molecular complexity index is 959. The van der Waals surface area contributed by atoms with Gasteiger partial charge in [-0.2, -0.15) is 13.2 Å². The zero-order valence-corrected chi connectivity index (χ0v) is 19.7. The summed E-state index contributed by atoms with van der Waals surface area (Å²) < 4.78 is 41.5. The van der Waals surface area contributed by atoms with E-state index < -0.39 is 17.2 Å². The number of rotatable bonds is 6. The van der Waals surface area contributed by atoms with E-state index in [1.807, 2.05) is 6.92 Å².